The van der Waals surface area contributed by atoms with Crippen molar-refractivity contribution in [3.63, 3.8) is 0 Å². The van der Waals surface area contributed by atoms with Gasteiger partial charge in [-0.25, -0.2) is 0 Å². The second kappa shape index (κ2) is 7.08. The predicted molar refractivity (Wildman–Crippen MR) is 105 cm³/mol. The molecule has 3 saturated heterocycles. The molecule has 3 aliphatic heterocycles. The summed E-state index contributed by atoms with van der Waals surface area (Å²) in [6.07, 6.45) is 10.7. The zero-order valence-electron chi connectivity index (χ0n) is 16.2. The number of amides is 1. The lowest BCUT2D eigenvalue weighted by atomic mass is 9.83. The Balaban J connectivity index is 1.35. The van der Waals surface area contributed by atoms with Crippen LogP contribution in [0.3, 0.4) is 0 Å². The minimum absolute atomic E-state index is 0.0491. The highest BCUT2D eigenvalue weighted by Gasteiger charge is 2.38. The Bertz CT molecular complexity index is 782. The summed E-state index contributed by atoms with van der Waals surface area (Å²) < 4.78 is 0. The number of hydrogen-bond donors (Lipinski definition) is 1. The van der Waals surface area contributed by atoms with Gasteiger partial charge in [0.1, 0.15) is 5.56 Å². The molecule has 1 N–H and O–H groups in total. The van der Waals surface area contributed by atoms with Gasteiger partial charge in [0, 0.05) is 37.9 Å². The molecule has 146 valence electrons. The second-order valence-electron chi connectivity index (χ2n) is 9.28. The summed E-state index contributed by atoms with van der Waals surface area (Å²) in [5, 5.41) is 0. The lowest BCUT2D eigenvalue weighted by Gasteiger charge is -2.40. The predicted octanol–water partition coefficient (Wildman–Crippen LogP) is 2.59. The van der Waals surface area contributed by atoms with Gasteiger partial charge < -0.3 is 9.88 Å². The highest BCUT2D eigenvalue weighted by Crippen LogP contribution is 2.33. The van der Waals surface area contributed by atoms with Crippen molar-refractivity contribution in [3.05, 3.63) is 33.2 Å². The number of carbonyl (C=O) groups excluding carboxylic acids is 1. The van der Waals surface area contributed by atoms with E-state index in [2.05, 4.69) is 9.88 Å². The third kappa shape index (κ3) is 3.35. The van der Waals surface area contributed by atoms with Crippen LogP contribution in [0.5, 0.6) is 0 Å². The fourth-order valence-electron chi connectivity index (χ4n) is 5.58. The molecule has 1 aromatic heterocycles. The Morgan fingerprint density at radius 1 is 1.04 bits per heavy atom. The maximum absolute atomic E-state index is 13.3. The quantitative estimate of drug-likeness (QED) is 0.891. The van der Waals surface area contributed by atoms with E-state index in [1.54, 1.807) is 0 Å². The molecule has 2 aliphatic carbocycles. The Kier molecular flexibility index (Phi) is 4.58. The molecule has 2 atom stereocenters. The van der Waals surface area contributed by atoms with E-state index in [-0.39, 0.29) is 11.5 Å². The van der Waals surface area contributed by atoms with Crippen LogP contribution >= 0.6 is 0 Å². The van der Waals surface area contributed by atoms with E-state index in [1.165, 1.54) is 44.2 Å². The lowest BCUT2D eigenvalue weighted by Crippen LogP contribution is -2.47. The fraction of sp³-hybridized carbons (Fsp3) is 0.727. The standard InChI is InChI=1S/C22H31N3O2/c26-21-19(10-17-6-1-2-7-20(17)23-21)22(27)25-13-16-8-9-18(14-25)24(12-16)11-15-4-3-5-15/h10,15-16,18H,1-9,11-14H2,(H,23,26)/t16-,18-/m0/s1. The molecule has 0 unspecified atom stereocenters. The van der Waals surface area contributed by atoms with Crippen LogP contribution < -0.4 is 5.56 Å². The number of carbonyl (C=O) groups is 1. The minimum Gasteiger partial charge on any atom is -0.337 e. The molecule has 1 amide bonds. The Morgan fingerprint density at radius 2 is 1.89 bits per heavy atom. The van der Waals surface area contributed by atoms with Crippen molar-refractivity contribution in [1.29, 1.82) is 0 Å². The van der Waals surface area contributed by atoms with E-state index in [1.807, 2.05) is 11.0 Å². The van der Waals surface area contributed by atoms with Crippen molar-refractivity contribution in [3.8, 4) is 0 Å². The first kappa shape index (κ1) is 17.5. The van der Waals surface area contributed by atoms with Crippen molar-refractivity contribution in [2.24, 2.45) is 11.8 Å². The van der Waals surface area contributed by atoms with Crippen LogP contribution in [-0.2, 0) is 12.8 Å². The Morgan fingerprint density at radius 3 is 2.70 bits per heavy atom. The van der Waals surface area contributed by atoms with Crippen LogP contribution in [0, 0.1) is 11.8 Å². The molecule has 5 heteroatoms. The van der Waals surface area contributed by atoms with Gasteiger partial charge in [0.25, 0.3) is 11.5 Å². The first-order valence-electron chi connectivity index (χ1n) is 11.0. The number of aromatic amines is 1. The summed E-state index contributed by atoms with van der Waals surface area (Å²) in [5.74, 6) is 1.38. The summed E-state index contributed by atoms with van der Waals surface area (Å²) in [6, 6.07) is 2.37. The summed E-state index contributed by atoms with van der Waals surface area (Å²) in [4.78, 5) is 33.5. The molecular weight excluding hydrogens is 338 g/mol. The van der Waals surface area contributed by atoms with E-state index in [0.29, 0.717) is 17.5 Å². The number of rotatable bonds is 3. The van der Waals surface area contributed by atoms with E-state index < -0.39 is 0 Å². The van der Waals surface area contributed by atoms with Gasteiger partial charge in [-0.15, -0.1) is 0 Å². The molecule has 1 aromatic rings. The van der Waals surface area contributed by atoms with Gasteiger partial charge in [-0.2, -0.15) is 0 Å². The molecule has 4 heterocycles. The van der Waals surface area contributed by atoms with Crippen molar-refractivity contribution < 1.29 is 4.79 Å². The smallest absolute Gasteiger partial charge is 0.261 e. The molecule has 1 saturated carbocycles. The number of aryl methyl sites for hydroxylation is 2. The fourth-order valence-corrected chi connectivity index (χ4v) is 5.58. The van der Waals surface area contributed by atoms with Crippen LogP contribution in [0.4, 0.5) is 0 Å². The van der Waals surface area contributed by atoms with E-state index in [9.17, 15) is 9.59 Å². The summed E-state index contributed by atoms with van der Waals surface area (Å²) in [5.41, 5.74) is 2.39. The molecule has 4 fully saturated rings. The maximum Gasteiger partial charge on any atom is 0.261 e. The van der Waals surface area contributed by atoms with Gasteiger partial charge in [-0.3, -0.25) is 14.5 Å². The molecule has 2 bridgehead atoms. The minimum atomic E-state index is -0.191. The van der Waals surface area contributed by atoms with Crippen LogP contribution in [0.1, 0.15) is 66.6 Å². The SMILES string of the molecule is O=C(c1cc2c([nH]c1=O)CCCC2)N1C[C@H]2CC[C@@H](C1)N(CC1CCC1)C2. The zero-order chi connectivity index (χ0) is 18.4. The van der Waals surface area contributed by atoms with Gasteiger partial charge in [0.05, 0.1) is 0 Å². The Labute approximate surface area is 161 Å². The van der Waals surface area contributed by atoms with E-state index in [0.717, 1.165) is 56.9 Å². The third-order valence-electron chi connectivity index (χ3n) is 7.40. The van der Waals surface area contributed by atoms with Crippen LogP contribution in [-0.4, -0.2) is 52.9 Å². The number of pyridine rings is 1. The van der Waals surface area contributed by atoms with E-state index >= 15 is 0 Å². The van der Waals surface area contributed by atoms with Gasteiger partial charge in [-0.1, -0.05) is 6.42 Å². The number of nitrogens with one attached hydrogen (secondary N) is 1. The highest BCUT2D eigenvalue weighted by atomic mass is 16.2. The first-order valence-corrected chi connectivity index (χ1v) is 11.0. The summed E-state index contributed by atoms with van der Waals surface area (Å²) in [7, 11) is 0. The number of fused-ring (bicyclic) bond motifs is 5. The van der Waals surface area contributed by atoms with Crippen LogP contribution in [0.2, 0.25) is 0 Å². The lowest BCUT2D eigenvalue weighted by molar-refractivity contribution is 0.0715. The molecule has 5 nitrogen and oxygen atoms in total. The Hall–Kier alpha value is -1.62. The molecular formula is C22H31N3O2. The molecule has 6 rings (SSSR count). The number of piperidine rings is 1. The van der Waals surface area contributed by atoms with Gasteiger partial charge in [-0.05, 0) is 74.8 Å². The average Bonchev–Trinajstić information content (AvgIpc) is 2.95. The average molecular weight is 370 g/mol. The number of nitrogens with zero attached hydrogens (tertiary/aromatic N) is 2. The molecule has 0 spiro atoms. The molecule has 0 radical (unpaired) electrons. The van der Waals surface area contributed by atoms with Crippen molar-refractivity contribution >= 4 is 5.91 Å². The molecule has 27 heavy (non-hydrogen) atoms. The van der Waals surface area contributed by atoms with Gasteiger partial charge >= 0.3 is 0 Å². The summed E-state index contributed by atoms with van der Waals surface area (Å²) >= 11 is 0. The number of hydrogen-bond acceptors (Lipinski definition) is 3. The highest BCUT2D eigenvalue weighted by molar-refractivity contribution is 5.94. The second-order valence-corrected chi connectivity index (χ2v) is 9.28. The monoisotopic (exact) mass is 369 g/mol. The number of H-pyrrole nitrogens is 1. The number of aromatic nitrogens is 1. The van der Waals surface area contributed by atoms with Crippen molar-refractivity contribution in [2.75, 3.05) is 26.2 Å². The summed E-state index contributed by atoms with van der Waals surface area (Å²) in [6.45, 7) is 3.94. The third-order valence-corrected chi connectivity index (χ3v) is 7.40. The zero-order valence-corrected chi connectivity index (χ0v) is 16.2. The van der Waals surface area contributed by atoms with Gasteiger partial charge in [0.15, 0.2) is 0 Å². The van der Waals surface area contributed by atoms with Crippen molar-refractivity contribution in [2.45, 2.75) is 63.8 Å². The van der Waals surface area contributed by atoms with E-state index in [4.69, 9.17) is 0 Å². The molecule has 0 aromatic carbocycles. The topological polar surface area (TPSA) is 56.4 Å². The first-order chi connectivity index (χ1) is 13.2. The largest absolute Gasteiger partial charge is 0.337 e. The van der Waals surface area contributed by atoms with Gasteiger partial charge in [0.2, 0.25) is 0 Å². The van der Waals surface area contributed by atoms with Crippen LogP contribution in [0.15, 0.2) is 10.9 Å². The molecule has 5 aliphatic rings. The van der Waals surface area contributed by atoms with Crippen molar-refractivity contribution in [1.82, 2.24) is 14.8 Å². The normalized spacial score (nSPS) is 28.5. The van der Waals surface area contributed by atoms with Crippen LogP contribution in [0.25, 0.3) is 0 Å². The maximum atomic E-state index is 13.3.